The summed E-state index contributed by atoms with van der Waals surface area (Å²) in [6, 6.07) is 8.21. The van der Waals surface area contributed by atoms with E-state index in [2.05, 4.69) is 38.1 Å². The summed E-state index contributed by atoms with van der Waals surface area (Å²) in [6.07, 6.45) is 3.60. The molecule has 0 spiro atoms. The molecule has 2 N–H and O–H groups in total. The molecule has 0 saturated carbocycles. The van der Waals surface area contributed by atoms with Crippen molar-refractivity contribution in [2.24, 2.45) is 0 Å². The minimum Gasteiger partial charge on any atom is -0.375 e. The molecule has 2 heterocycles. The number of benzene rings is 1. The summed E-state index contributed by atoms with van der Waals surface area (Å²) in [5, 5.41) is 9.99. The average molecular weight is 241 g/mol. The number of hydrogen-bond donors (Lipinski definition) is 2. The number of nitrogens with one attached hydrogen (secondary N) is 2. The zero-order valence-corrected chi connectivity index (χ0v) is 10.2. The van der Waals surface area contributed by atoms with Crippen LogP contribution in [0.1, 0.15) is 12.7 Å². The van der Waals surface area contributed by atoms with Gasteiger partial charge in [0.15, 0.2) is 0 Å². The average Bonchev–Trinajstić information content (AvgIpc) is 3.03. The van der Waals surface area contributed by atoms with E-state index in [9.17, 15) is 0 Å². The van der Waals surface area contributed by atoms with E-state index in [1.165, 1.54) is 5.52 Å². The summed E-state index contributed by atoms with van der Waals surface area (Å²) in [7, 11) is 0. The van der Waals surface area contributed by atoms with E-state index in [1.807, 2.05) is 24.4 Å². The fourth-order valence-corrected chi connectivity index (χ4v) is 2.14. The van der Waals surface area contributed by atoms with Crippen LogP contribution >= 0.6 is 0 Å². The highest BCUT2D eigenvalue weighted by molar-refractivity contribution is 5.75. The van der Waals surface area contributed by atoms with Crippen molar-refractivity contribution in [3.63, 3.8) is 0 Å². The Bertz CT molecular complexity index is 639. The van der Waals surface area contributed by atoms with Gasteiger partial charge in [-0.25, -0.2) is 4.98 Å². The van der Waals surface area contributed by atoms with Crippen molar-refractivity contribution in [3.05, 3.63) is 42.5 Å². The van der Waals surface area contributed by atoms with Crippen molar-refractivity contribution in [2.75, 3.05) is 5.32 Å². The standard InChI is InChI=1S/C13H15N5/c1-2-18-12-6-4-3-5-11(12)17-13(18)9-14-10-7-15-16-8-10/h3-8,14H,2,9H2,1H3,(H,15,16). The molecular weight excluding hydrogens is 226 g/mol. The third-order valence-corrected chi connectivity index (χ3v) is 3.00. The lowest BCUT2D eigenvalue weighted by molar-refractivity contribution is 0.729. The Labute approximate surface area is 105 Å². The number of imidazole rings is 1. The molecule has 0 aliphatic rings. The Morgan fingerprint density at radius 3 is 3.00 bits per heavy atom. The van der Waals surface area contributed by atoms with Crippen LogP contribution in [-0.4, -0.2) is 19.7 Å². The maximum Gasteiger partial charge on any atom is 0.129 e. The molecule has 0 fully saturated rings. The zero-order chi connectivity index (χ0) is 12.4. The summed E-state index contributed by atoms with van der Waals surface area (Å²) >= 11 is 0. The van der Waals surface area contributed by atoms with E-state index in [-0.39, 0.29) is 0 Å². The van der Waals surface area contributed by atoms with E-state index < -0.39 is 0 Å². The van der Waals surface area contributed by atoms with Crippen LogP contribution in [0.3, 0.4) is 0 Å². The van der Waals surface area contributed by atoms with Crippen LogP contribution < -0.4 is 5.32 Å². The third kappa shape index (κ3) is 1.84. The Hall–Kier alpha value is -2.30. The predicted octanol–water partition coefficient (Wildman–Crippen LogP) is 2.39. The second-order valence-electron chi connectivity index (χ2n) is 4.10. The molecule has 3 aromatic rings. The molecule has 5 nitrogen and oxygen atoms in total. The summed E-state index contributed by atoms with van der Waals surface area (Å²) in [5.74, 6) is 1.04. The van der Waals surface area contributed by atoms with Crippen molar-refractivity contribution in [1.29, 1.82) is 0 Å². The number of fused-ring (bicyclic) bond motifs is 1. The van der Waals surface area contributed by atoms with Gasteiger partial charge >= 0.3 is 0 Å². The molecule has 0 unspecified atom stereocenters. The number of nitrogens with zero attached hydrogens (tertiary/aromatic N) is 3. The molecule has 1 aromatic carbocycles. The minimum absolute atomic E-state index is 0.696. The second kappa shape index (κ2) is 4.52. The highest BCUT2D eigenvalue weighted by Gasteiger charge is 2.08. The van der Waals surface area contributed by atoms with Crippen LogP contribution in [0.25, 0.3) is 11.0 Å². The molecule has 18 heavy (non-hydrogen) atoms. The quantitative estimate of drug-likeness (QED) is 0.737. The SMILES string of the molecule is CCn1c(CNc2cn[nH]c2)nc2ccccc21. The molecule has 3 rings (SSSR count). The lowest BCUT2D eigenvalue weighted by Crippen LogP contribution is -2.07. The van der Waals surface area contributed by atoms with E-state index in [4.69, 9.17) is 0 Å². The molecule has 0 atom stereocenters. The van der Waals surface area contributed by atoms with Crippen molar-refractivity contribution in [1.82, 2.24) is 19.7 Å². The number of anilines is 1. The summed E-state index contributed by atoms with van der Waals surface area (Å²) < 4.78 is 2.22. The molecule has 0 saturated heterocycles. The largest absolute Gasteiger partial charge is 0.375 e. The molecule has 0 radical (unpaired) electrons. The summed E-state index contributed by atoms with van der Waals surface area (Å²) in [6.45, 7) is 3.75. The molecule has 2 aromatic heterocycles. The molecule has 92 valence electrons. The van der Waals surface area contributed by atoms with Gasteiger partial charge in [0.2, 0.25) is 0 Å². The molecular formula is C13H15N5. The zero-order valence-electron chi connectivity index (χ0n) is 10.2. The van der Waals surface area contributed by atoms with Crippen LogP contribution in [0.15, 0.2) is 36.7 Å². The first-order valence-corrected chi connectivity index (χ1v) is 6.05. The van der Waals surface area contributed by atoms with Crippen molar-refractivity contribution in [2.45, 2.75) is 20.0 Å². The third-order valence-electron chi connectivity index (χ3n) is 3.00. The topological polar surface area (TPSA) is 58.5 Å². The van der Waals surface area contributed by atoms with Gasteiger partial charge in [-0.05, 0) is 19.1 Å². The van der Waals surface area contributed by atoms with E-state index in [0.29, 0.717) is 6.54 Å². The minimum atomic E-state index is 0.696. The second-order valence-corrected chi connectivity index (χ2v) is 4.10. The van der Waals surface area contributed by atoms with E-state index >= 15 is 0 Å². The molecule has 0 bridgehead atoms. The van der Waals surface area contributed by atoms with Crippen LogP contribution in [0, 0.1) is 0 Å². The molecule has 0 aliphatic carbocycles. The number of aryl methyl sites for hydroxylation is 1. The van der Waals surface area contributed by atoms with Gasteiger partial charge in [-0.1, -0.05) is 12.1 Å². The van der Waals surface area contributed by atoms with Gasteiger partial charge < -0.3 is 9.88 Å². The summed E-state index contributed by atoms with van der Waals surface area (Å²) in [4.78, 5) is 4.65. The number of para-hydroxylation sites is 2. The fourth-order valence-electron chi connectivity index (χ4n) is 2.14. The smallest absolute Gasteiger partial charge is 0.129 e. The van der Waals surface area contributed by atoms with Crippen molar-refractivity contribution >= 4 is 16.7 Å². The maximum atomic E-state index is 4.65. The number of hydrogen-bond acceptors (Lipinski definition) is 3. The Balaban J connectivity index is 1.91. The number of rotatable bonds is 4. The monoisotopic (exact) mass is 241 g/mol. The van der Waals surface area contributed by atoms with Gasteiger partial charge in [-0.3, -0.25) is 5.10 Å². The number of H-pyrrole nitrogens is 1. The molecule has 0 amide bonds. The van der Waals surface area contributed by atoms with Gasteiger partial charge in [0.25, 0.3) is 0 Å². The highest BCUT2D eigenvalue weighted by atomic mass is 15.1. The van der Waals surface area contributed by atoms with Gasteiger partial charge in [0.05, 0.1) is 29.5 Å². The lowest BCUT2D eigenvalue weighted by Gasteiger charge is -2.06. The lowest BCUT2D eigenvalue weighted by atomic mass is 10.3. The van der Waals surface area contributed by atoms with Gasteiger partial charge in [0, 0.05) is 12.7 Å². The molecule has 5 heteroatoms. The van der Waals surface area contributed by atoms with Gasteiger partial charge in [-0.15, -0.1) is 0 Å². The van der Waals surface area contributed by atoms with Crippen LogP contribution in [-0.2, 0) is 13.1 Å². The first-order chi connectivity index (χ1) is 8.88. The highest BCUT2D eigenvalue weighted by Crippen LogP contribution is 2.16. The van der Waals surface area contributed by atoms with E-state index in [0.717, 1.165) is 23.6 Å². The van der Waals surface area contributed by atoms with Crippen LogP contribution in [0.5, 0.6) is 0 Å². The van der Waals surface area contributed by atoms with Gasteiger partial charge in [-0.2, -0.15) is 5.10 Å². The van der Waals surface area contributed by atoms with Crippen molar-refractivity contribution < 1.29 is 0 Å². The number of aromatic amines is 1. The van der Waals surface area contributed by atoms with Crippen LogP contribution in [0.2, 0.25) is 0 Å². The molecule has 0 aliphatic heterocycles. The van der Waals surface area contributed by atoms with E-state index in [1.54, 1.807) is 6.20 Å². The van der Waals surface area contributed by atoms with Crippen molar-refractivity contribution in [3.8, 4) is 0 Å². The first kappa shape index (κ1) is 10.8. The first-order valence-electron chi connectivity index (χ1n) is 6.05. The fraction of sp³-hybridized carbons (Fsp3) is 0.231. The predicted molar refractivity (Wildman–Crippen MR) is 71.3 cm³/mol. The summed E-state index contributed by atoms with van der Waals surface area (Å²) in [5.41, 5.74) is 3.21. The normalized spacial score (nSPS) is 10.9. The van der Waals surface area contributed by atoms with Crippen LogP contribution in [0.4, 0.5) is 5.69 Å². The Morgan fingerprint density at radius 2 is 2.22 bits per heavy atom. The van der Waals surface area contributed by atoms with Gasteiger partial charge in [0.1, 0.15) is 5.82 Å². The maximum absolute atomic E-state index is 4.65. The Kier molecular flexibility index (Phi) is 2.72. The Morgan fingerprint density at radius 1 is 1.33 bits per heavy atom. The number of aromatic nitrogens is 4.